The van der Waals surface area contributed by atoms with Gasteiger partial charge in [-0.25, -0.2) is 14.0 Å². The molecule has 6 nitrogen and oxygen atoms in total. The standard InChI is InChI=1S/C13H22FN3O3/c1-13(2,3)20-12(19)16-6-4-10(9(14)8-16)17-7-5-15-11(17)18/h9-10H,4-8H2,1-3H3,(H,15,18)/t9-,10-/m1/s1. The average molecular weight is 287 g/mol. The third-order valence-electron chi connectivity index (χ3n) is 3.45. The normalized spacial score (nSPS) is 27.5. The van der Waals surface area contributed by atoms with Crippen molar-refractivity contribution in [3.63, 3.8) is 0 Å². The van der Waals surface area contributed by atoms with Crippen LogP contribution >= 0.6 is 0 Å². The molecule has 0 saturated carbocycles. The van der Waals surface area contributed by atoms with E-state index in [-0.39, 0.29) is 12.6 Å². The van der Waals surface area contributed by atoms with Crippen LogP contribution in [0, 0.1) is 0 Å². The Morgan fingerprint density at radius 1 is 1.40 bits per heavy atom. The summed E-state index contributed by atoms with van der Waals surface area (Å²) in [6, 6.07) is -0.667. The van der Waals surface area contributed by atoms with Crippen LogP contribution in [0.25, 0.3) is 0 Å². The van der Waals surface area contributed by atoms with Crippen molar-refractivity contribution in [2.24, 2.45) is 0 Å². The molecular formula is C13H22FN3O3. The highest BCUT2D eigenvalue weighted by Crippen LogP contribution is 2.22. The molecule has 0 aromatic heterocycles. The zero-order chi connectivity index (χ0) is 14.9. The lowest BCUT2D eigenvalue weighted by molar-refractivity contribution is 0.00204. The van der Waals surface area contributed by atoms with E-state index in [1.807, 2.05) is 0 Å². The molecule has 2 heterocycles. The van der Waals surface area contributed by atoms with E-state index in [1.165, 1.54) is 9.80 Å². The highest BCUT2D eigenvalue weighted by molar-refractivity contribution is 5.76. The number of rotatable bonds is 1. The molecule has 1 N–H and O–H groups in total. The molecule has 0 aliphatic carbocycles. The maximum Gasteiger partial charge on any atom is 0.410 e. The molecule has 2 fully saturated rings. The lowest BCUT2D eigenvalue weighted by Gasteiger charge is -2.38. The van der Waals surface area contributed by atoms with Gasteiger partial charge in [0.2, 0.25) is 0 Å². The summed E-state index contributed by atoms with van der Waals surface area (Å²) in [7, 11) is 0. The van der Waals surface area contributed by atoms with Gasteiger partial charge in [0.1, 0.15) is 11.8 Å². The highest BCUT2D eigenvalue weighted by Gasteiger charge is 2.39. The van der Waals surface area contributed by atoms with Gasteiger partial charge < -0.3 is 19.9 Å². The number of hydrogen-bond acceptors (Lipinski definition) is 3. The number of nitrogens with zero attached hydrogens (tertiary/aromatic N) is 2. The zero-order valence-electron chi connectivity index (χ0n) is 12.2. The Hall–Kier alpha value is -1.53. The van der Waals surface area contributed by atoms with Gasteiger partial charge >= 0.3 is 12.1 Å². The summed E-state index contributed by atoms with van der Waals surface area (Å²) in [5.41, 5.74) is -0.589. The predicted molar refractivity (Wildman–Crippen MR) is 71.2 cm³/mol. The molecule has 2 aliphatic rings. The van der Waals surface area contributed by atoms with E-state index in [9.17, 15) is 14.0 Å². The summed E-state index contributed by atoms with van der Waals surface area (Å²) in [4.78, 5) is 26.4. The molecule has 0 aromatic rings. The Balaban J connectivity index is 1.92. The first-order chi connectivity index (χ1) is 9.28. The molecule has 0 bridgehead atoms. The zero-order valence-corrected chi connectivity index (χ0v) is 12.2. The second-order valence-corrected chi connectivity index (χ2v) is 6.22. The Kier molecular flexibility index (Phi) is 4.06. The van der Waals surface area contributed by atoms with Gasteiger partial charge in [-0.2, -0.15) is 0 Å². The fourth-order valence-corrected chi connectivity index (χ4v) is 2.54. The number of ether oxygens (including phenoxy) is 1. The van der Waals surface area contributed by atoms with Crippen molar-refractivity contribution in [1.82, 2.24) is 15.1 Å². The Morgan fingerprint density at radius 2 is 2.10 bits per heavy atom. The minimum atomic E-state index is -1.24. The number of carbonyl (C=O) groups excluding carboxylic acids is 2. The number of urea groups is 1. The molecule has 0 spiro atoms. The lowest BCUT2D eigenvalue weighted by Crippen LogP contribution is -2.55. The van der Waals surface area contributed by atoms with Crippen LogP contribution in [0.5, 0.6) is 0 Å². The van der Waals surface area contributed by atoms with Gasteiger partial charge in [0, 0.05) is 19.6 Å². The molecule has 3 amide bonds. The van der Waals surface area contributed by atoms with Crippen molar-refractivity contribution in [2.45, 2.75) is 45.0 Å². The minimum Gasteiger partial charge on any atom is -0.444 e. The molecule has 7 heteroatoms. The van der Waals surface area contributed by atoms with Crippen LogP contribution in [0.3, 0.4) is 0 Å². The minimum absolute atomic E-state index is 0.0244. The maximum atomic E-state index is 14.2. The van der Waals surface area contributed by atoms with Crippen LogP contribution in [0.4, 0.5) is 14.0 Å². The van der Waals surface area contributed by atoms with Crippen LogP contribution in [0.15, 0.2) is 0 Å². The van der Waals surface area contributed by atoms with Crippen LogP contribution < -0.4 is 5.32 Å². The van der Waals surface area contributed by atoms with Crippen molar-refractivity contribution in [3.8, 4) is 0 Å². The number of halogens is 1. The van der Waals surface area contributed by atoms with E-state index in [0.717, 1.165) is 0 Å². The second-order valence-electron chi connectivity index (χ2n) is 6.22. The maximum absolute atomic E-state index is 14.2. The first kappa shape index (κ1) is 14.9. The number of piperidine rings is 1. The average Bonchev–Trinajstić information content (AvgIpc) is 2.73. The summed E-state index contributed by atoms with van der Waals surface area (Å²) in [5.74, 6) is 0. The quantitative estimate of drug-likeness (QED) is 0.792. The van der Waals surface area contributed by atoms with E-state index < -0.39 is 23.9 Å². The first-order valence-electron chi connectivity index (χ1n) is 6.94. The van der Waals surface area contributed by atoms with Gasteiger partial charge in [-0.05, 0) is 27.2 Å². The molecular weight excluding hydrogens is 265 g/mol. The third-order valence-corrected chi connectivity index (χ3v) is 3.45. The van der Waals surface area contributed by atoms with Gasteiger partial charge in [0.25, 0.3) is 0 Å². The second kappa shape index (κ2) is 5.46. The van der Waals surface area contributed by atoms with Crippen LogP contribution in [0.1, 0.15) is 27.2 Å². The highest BCUT2D eigenvalue weighted by atomic mass is 19.1. The SMILES string of the molecule is CC(C)(C)OC(=O)N1CC[C@@H](N2CCNC2=O)[C@H](F)C1. The van der Waals surface area contributed by atoms with Crippen LogP contribution in [-0.2, 0) is 4.74 Å². The molecule has 2 aliphatic heterocycles. The van der Waals surface area contributed by atoms with Gasteiger partial charge in [0.15, 0.2) is 0 Å². The van der Waals surface area contributed by atoms with Gasteiger partial charge in [0.05, 0.1) is 12.6 Å². The van der Waals surface area contributed by atoms with Crippen LogP contribution in [-0.4, -0.2) is 65.9 Å². The monoisotopic (exact) mass is 287 g/mol. The number of likely N-dealkylation sites (tertiary alicyclic amines) is 1. The van der Waals surface area contributed by atoms with Gasteiger partial charge in [-0.1, -0.05) is 0 Å². The number of hydrogen-bond donors (Lipinski definition) is 1. The summed E-state index contributed by atoms with van der Waals surface area (Å²) in [5, 5.41) is 2.67. The number of nitrogens with one attached hydrogen (secondary N) is 1. The van der Waals surface area contributed by atoms with Crippen molar-refractivity contribution in [1.29, 1.82) is 0 Å². The van der Waals surface area contributed by atoms with E-state index in [0.29, 0.717) is 26.1 Å². The van der Waals surface area contributed by atoms with Crippen molar-refractivity contribution < 1.29 is 18.7 Å². The molecule has 2 saturated heterocycles. The largest absolute Gasteiger partial charge is 0.444 e. The summed E-state index contributed by atoms with van der Waals surface area (Å²) < 4.78 is 19.5. The summed E-state index contributed by atoms with van der Waals surface area (Å²) in [6.45, 7) is 6.79. The van der Waals surface area contributed by atoms with Crippen molar-refractivity contribution in [3.05, 3.63) is 0 Å². The molecule has 2 rings (SSSR count). The van der Waals surface area contributed by atoms with Crippen molar-refractivity contribution in [2.75, 3.05) is 26.2 Å². The number of carbonyl (C=O) groups is 2. The number of amides is 3. The Labute approximate surface area is 118 Å². The topological polar surface area (TPSA) is 61.9 Å². The van der Waals surface area contributed by atoms with Gasteiger partial charge in [-0.15, -0.1) is 0 Å². The molecule has 0 radical (unpaired) electrons. The molecule has 20 heavy (non-hydrogen) atoms. The fraction of sp³-hybridized carbons (Fsp3) is 0.846. The Morgan fingerprint density at radius 3 is 2.60 bits per heavy atom. The molecule has 0 aromatic carbocycles. The third kappa shape index (κ3) is 3.32. The lowest BCUT2D eigenvalue weighted by atomic mass is 10.0. The predicted octanol–water partition coefficient (Wildman–Crippen LogP) is 1.36. The molecule has 0 unspecified atom stereocenters. The first-order valence-corrected chi connectivity index (χ1v) is 6.94. The van der Waals surface area contributed by atoms with E-state index >= 15 is 0 Å². The van der Waals surface area contributed by atoms with Crippen molar-refractivity contribution >= 4 is 12.1 Å². The van der Waals surface area contributed by atoms with E-state index in [1.54, 1.807) is 20.8 Å². The van der Waals surface area contributed by atoms with Crippen LogP contribution in [0.2, 0.25) is 0 Å². The molecule has 2 atom stereocenters. The number of alkyl halides is 1. The van der Waals surface area contributed by atoms with E-state index in [4.69, 9.17) is 4.74 Å². The fourth-order valence-electron chi connectivity index (χ4n) is 2.54. The van der Waals surface area contributed by atoms with Gasteiger partial charge in [-0.3, -0.25) is 0 Å². The van der Waals surface area contributed by atoms with E-state index in [2.05, 4.69) is 5.32 Å². The summed E-state index contributed by atoms with van der Waals surface area (Å²) in [6.07, 6.45) is -1.29. The summed E-state index contributed by atoms with van der Waals surface area (Å²) >= 11 is 0. The Bertz CT molecular complexity index is 397. The molecule has 114 valence electrons. The smallest absolute Gasteiger partial charge is 0.410 e.